The highest BCUT2D eigenvalue weighted by Crippen LogP contribution is 2.32. The zero-order chi connectivity index (χ0) is 12.6. The van der Waals surface area contributed by atoms with Crippen LogP contribution in [0.15, 0.2) is 24.4 Å². The predicted octanol–water partition coefficient (Wildman–Crippen LogP) is 2.85. The fraction of sp³-hybridized carbons (Fsp3) is 0.429. The van der Waals surface area contributed by atoms with Gasteiger partial charge in [0, 0.05) is 24.0 Å². The minimum atomic E-state index is -0.402. The fourth-order valence-corrected chi connectivity index (χ4v) is 2.27. The fourth-order valence-electron chi connectivity index (χ4n) is 2.27. The Kier molecular flexibility index (Phi) is 3.11. The molecule has 0 saturated carbocycles. The van der Waals surface area contributed by atoms with E-state index in [2.05, 4.69) is 18.4 Å². The van der Waals surface area contributed by atoms with E-state index >= 15 is 0 Å². The lowest BCUT2D eigenvalue weighted by molar-refractivity contribution is 0.196. The van der Waals surface area contributed by atoms with E-state index < -0.39 is 6.10 Å². The minimum Gasteiger partial charge on any atom is -0.507 e. The number of aliphatic hydroxyl groups excluding tert-OH is 1. The molecule has 0 aliphatic carbocycles. The van der Waals surface area contributed by atoms with E-state index in [9.17, 15) is 10.2 Å². The molecule has 3 heteroatoms. The lowest BCUT2D eigenvalue weighted by Crippen LogP contribution is -2.03. The Hall–Kier alpha value is -1.48. The zero-order valence-electron chi connectivity index (χ0n) is 10.5. The molecule has 0 bridgehead atoms. The zero-order valence-corrected chi connectivity index (χ0v) is 10.5. The number of phenolic OH excluding ortho intramolecular Hbond substituents is 1. The van der Waals surface area contributed by atoms with Gasteiger partial charge in [-0.15, -0.1) is 0 Å². The van der Waals surface area contributed by atoms with Gasteiger partial charge in [-0.25, -0.2) is 0 Å². The van der Waals surface area contributed by atoms with Crippen LogP contribution in [0.25, 0.3) is 10.9 Å². The number of nitrogens with zero attached hydrogens (tertiary/aromatic N) is 1. The van der Waals surface area contributed by atoms with Crippen molar-refractivity contribution in [3.05, 3.63) is 30.0 Å². The third kappa shape index (κ3) is 2.15. The summed E-state index contributed by atoms with van der Waals surface area (Å²) in [6.07, 6.45) is 2.19. The van der Waals surface area contributed by atoms with E-state index in [-0.39, 0.29) is 5.75 Å². The van der Waals surface area contributed by atoms with Gasteiger partial charge in [-0.05, 0) is 38.5 Å². The number of hydrogen-bond donors (Lipinski definition) is 2. The van der Waals surface area contributed by atoms with E-state index in [4.69, 9.17) is 0 Å². The summed E-state index contributed by atoms with van der Waals surface area (Å²) >= 11 is 0. The van der Waals surface area contributed by atoms with Crippen molar-refractivity contribution >= 4 is 10.9 Å². The SMILES string of the molecule is CC(O)Cc1cn(C(C)C)c2cccc(O)c12. The highest BCUT2D eigenvalue weighted by Gasteiger charge is 2.14. The third-order valence-corrected chi connectivity index (χ3v) is 2.99. The second-order valence-corrected chi connectivity index (χ2v) is 4.88. The average molecular weight is 233 g/mol. The lowest BCUT2D eigenvalue weighted by atomic mass is 10.1. The standard InChI is InChI=1S/C14H19NO2/c1-9(2)15-8-11(7-10(3)16)14-12(15)5-4-6-13(14)17/h4-6,8-10,16-17H,7H2,1-3H3. The second-order valence-electron chi connectivity index (χ2n) is 4.88. The molecule has 2 N–H and O–H groups in total. The van der Waals surface area contributed by atoms with Gasteiger partial charge < -0.3 is 14.8 Å². The number of benzene rings is 1. The molecule has 0 aliphatic rings. The van der Waals surface area contributed by atoms with Crippen molar-refractivity contribution in [2.75, 3.05) is 0 Å². The average Bonchev–Trinajstić information content (AvgIpc) is 2.57. The molecule has 2 rings (SSSR count). The largest absolute Gasteiger partial charge is 0.507 e. The number of phenols is 1. The van der Waals surface area contributed by atoms with Crippen LogP contribution in [-0.4, -0.2) is 20.9 Å². The van der Waals surface area contributed by atoms with E-state index in [0.29, 0.717) is 12.5 Å². The summed E-state index contributed by atoms with van der Waals surface area (Å²) < 4.78 is 2.13. The molecule has 1 unspecified atom stereocenters. The maximum absolute atomic E-state index is 9.97. The molecule has 0 amide bonds. The number of rotatable bonds is 3. The van der Waals surface area contributed by atoms with Crippen LogP contribution in [0.4, 0.5) is 0 Å². The van der Waals surface area contributed by atoms with Gasteiger partial charge in [0.25, 0.3) is 0 Å². The summed E-state index contributed by atoms with van der Waals surface area (Å²) in [5, 5.41) is 20.3. The number of aromatic hydroxyl groups is 1. The van der Waals surface area contributed by atoms with Gasteiger partial charge in [0.05, 0.1) is 11.6 Å². The molecular formula is C14H19NO2. The van der Waals surface area contributed by atoms with Gasteiger partial charge in [0.2, 0.25) is 0 Å². The highest BCUT2D eigenvalue weighted by molar-refractivity contribution is 5.89. The smallest absolute Gasteiger partial charge is 0.125 e. The first-order chi connectivity index (χ1) is 8.00. The number of fused-ring (bicyclic) bond motifs is 1. The van der Waals surface area contributed by atoms with Crippen molar-refractivity contribution in [2.24, 2.45) is 0 Å². The summed E-state index contributed by atoms with van der Waals surface area (Å²) in [4.78, 5) is 0. The molecule has 2 aromatic rings. The first kappa shape index (κ1) is 12.0. The molecule has 0 fully saturated rings. The summed E-state index contributed by atoms with van der Waals surface area (Å²) in [5.74, 6) is 0.289. The quantitative estimate of drug-likeness (QED) is 0.856. The van der Waals surface area contributed by atoms with Crippen molar-refractivity contribution in [3.63, 3.8) is 0 Å². The van der Waals surface area contributed by atoms with Crippen molar-refractivity contribution in [2.45, 2.75) is 39.3 Å². The Bertz CT molecular complexity index is 526. The summed E-state index contributed by atoms with van der Waals surface area (Å²) in [6.45, 7) is 5.98. The van der Waals surface area contributed by atoms with E-state index in [0.717, 1.165) is 16.5 Å². The Balaban J connectivity index is 2.67. The second kappa shape index (κ2) is 4.41. The van der Waals surface area contributed by atoms with E-state index in [1.165, 1.54) is 0 Å². The number of aromatic nitrogens is 1. The van der Waals surface area contributed by atoms with E-state index in [1.54, 1.807) is 13.0 Å². The highest BCUT2D eigenvalue weighted by atomic mass is 16.3. The molecule has 17 heavy (non-hydrogen) atoms. The van der Waals surface area contributed by atoms with Crippen molar-refractivity contribution < 1.29 is 10.2 Å². The van der Waals surface area contributed by atoms with Crippen LogP contribution in [0.1, 0.15) is 32.4 Å². The van der Waals surface area contributed by atoms with Gasteiger partial charge in [-0.3, -0.25) is 0 Å². The molecule has 92 valence electrons. The topological polar surface area (TPSA) is 45.4 Å². The van der Waals surface area contributed by atoms with Gasteiger partial charge in [-0.1, -0.05) is 6.07 Å². The van der Waals surface area contributed by atoms with Crippen LogP contribution in [0, 0.1) is 0 Å². The van der Waals surface area contributed by atoms with Crippen molar-refractivity contribution in [1.82, 2.24) is 4.57 Å². The first-order valence-corrected chi connectivity index (χ1v) is 6.00. The van der Waals surface area contributed by atoms with Crippen LogP contribution in [-0.2, 0) is 6.42 Å². The van der Waals surface area contributed by atoms with Crippen molar-refractivity contribution in [3.8, 4) is 5.75 Å². The lowest BCUT2D eigenvalue weighted by Gasteiger charge is -2.08. The Morgan fingerprint density at radius 1 is 1.24 bits per heavy atom. The normalized spacial score (nSPS) is 13.5. The summed E-state index contributed by atoms with van der Waals surface area (Å²) in [7, 11) is 0. The minimum absolute atomic E-state index is 0.289. The summed E-state index contributed by atoms with van der Waals surface area (Å²) in [6, 6.07) is 5.88. The molecule has 1 atom stereocenters. The molecule has 1 aromatic carbocycles. The molecule has 1 aromatic heterocycles. The number of hydrogen-bond acceptors (Lipinski definition) is 2. The van der Waals surface area contributed by atoms with Gasteiger partial charge >= 0.3 is 0 Å². The third-order valence-electron chi connectivity index (χ3n) is 2.99. The maximum atomic E-state index is 9.97. The molecule has 0 radical (unpaired) electrons. The van der Waals surface area contributed by atoms with Crippen LogP contribution in [0.5, 0.6) is 5.75 Å². The Morgan fingerprint density at radius 2 is 1.94 bits per heavy atom. The van der Waals surface area contributed by atoms with Gasteiger partial charge in [0.1, 0.15) is 5.75 Å². The molecule has 0 spiro atoms. The molecule has 0 aliphatic heterocycles. The van der Waals surface area contributed by atoms with Gasteiger partial charge in [-0.2, -0.15) is 0 Å². The molecule has 0 saturated heterocycles. The van der Waals surface area contributed by atoms with Gasteiger partial charge in [0.15, 0.2) is 0 Å². The van der Waals surface area contributed by atoms with E-state index in [1.807, 2.05) is 18.3 Å². The van der Waals surface area contributed by atoms with Crippen molar-refractivity contribution in [1.29, 1.82) is 0 Å². The van der Waals surface area contributed by atoms with Crippen LogP contribution < -0.4 is 0 Å². The molecule has 1 heterocycles. The first-order valence-electron chi connectivity index (χ1n) is 6.00. The van der Waals surface area contributed by atoms with Crippen LogP contribution in [0.3, 0.4) is 0 Å². The molecule has 3 nitrogen and oxygen atoms in total. The van der Waals surface area contributed by atoms with Crippen LogP contribution >= 0.6 is 0 Å². The Labute approximate surface area is 101 Å². The Morgan fingerprint density at radius 3 is 2.53 bits per heavy atom. The summed E-state index contributed by atoms with van der Waals surface area (Å²) in [5.41, 5.74) is 2.03. The van der Waals surface area contributed by atoms with Crippen LogP contribution in [0.2, 0.25) is 0 Å². The maximum Gasteiger partial charge on any atom is 0.125 e. The monoisotopic (exact) mass is 233 g/mol. The molecular weight excluding hydrogens is 214 g/mol. The predicted molar refractivity (Wildman–Crippen MR) is 69.4 cm³/mol. The number of aliphatic hydroxyl groups is 1.